The first kappa shape index (κ1) is 16.4. The molecular weight excluding hydrogens is 312 g/mol. The molecule has 2 aliphatic rings. The molecule has 0 aliphatic carbocycles. The Balaban J connectivity index is 1.63. The highest BCUT2D eigenvalue weighted by molar-refractivity contribution is 7.09. The molecule has 2 fully saturated rings. The van der Waals surface area contributed by atoms with Crippen LogP contribution in [0.1, 0.15) is 23.5 Å². The van der Waals surface area contributed by atoms with Crippen LogP contribution in [-0.4, -0.2) is 71.8 Å². The van der Waals surface area contributed by atoms with E-state index in [1.54, 1.807) is 11.3 Å². The van der Waals surface area contributed by atoms with Crippen LogP contribution in [0.3, 0.4) is 0 Å². The highest BCUT2D eigenvalue weighted by Gasteiger charge is 2.51. The van der Waals surface area contributed by atoms with Gasteiger partial charge < -0.3 is 14.7 Å². The fourth-order valence-electron chi connectivity index (χ4n) is 3.55. The number of hydrogen-bond acceptors (Lipinski definition) is 5. The Morgan fingerprint density at radius 2 is 2.13 bits per heavy atom. The molecule has 2 aliphatic heterocycles. The van der Waals surface area contributed by atoms with E-state index in [1.165, 1.54) is 0 Å². The maximum Gasteiger partial charge on any atom is 0.236 e. The maximum absolute atomic E-state index is 12.9. The summed E-state index contributed by atoms with van der Waals surface area (Å²) in [5.41, 5.74) is 0.615. The molecule has 3 rings (SSSR count). The summed E-state index contributed by atoms with van der Waals surface area (Å²) in [6.45, 7) is 5.02. The van der Waals surface area contributed by atoms with Crippen LogP contribution < -0.4 is 0 Å². The summed E-state index contributed by atoms with van der Waals surface area (Å²) in [6, 6.07) is 0. The minimum Gasteiger partial charge on any atom is -0.340 e. The zero-order chi connectivity index (χ0) is 16.6. The number of likely N-dealkylation sites (N-methyl/N-ethyl adjacent to an activating group) is 1. The number of nitrogens with zero attached hydrogens (tertiary/aromatic N) is 4. The number of aromatic nitrogens is 1. The third kappa shape index (κ3) is 3.26. The van der Waals surface area contributed by atoms with E-state index in [0.29, 0.717) is 26.2 Å². The smallest absolute Gasteiger partial charge is 0.236 e. The summed E-state index contributed by atoms with van der Waals surface area (Å²) in [6.07, 6.45) is 1.64. The van der Waals surface area contributed by atoms with Crippen molar-refractivity contribution in [1.82, 2.24) is 19.7 Å². The highest BCUT2D eigenvalue weighted by Crippen LogP contribution is 2.41. The van der Waals surface area contributed by atoms with E-state index in [1.807, 2.05) is 41.1 Å². The lowest BCUT2D eigenvalue weighted by atomic mass is 9.85. The first-order valence-electron chi connectivity index (χ1n) is 8.02. The molecule has 1 spiro atoms. The van der Waals surface area contributed by atoms with E-state index in [9.17, 15) is 9.59 Å². The van der Waals surface area contributed by atoms with Crippen molar-refractivity contribution in [1.29, 1.82) is 0 Å². The Labute approximate surface area is 141 Å². The zero-order valence-corrected chi connectivity index (χ0v) is 14.9. The molecule has 0 aromatic carbocycles. The molecule has 3 heterocycles. The minimum absolute atomic E-state index is 0.119. The summed E-state index contributed by atoms with van der Waals surface area (Å²) in [5.74, 6) is 0.316. The van der Waals surface area contributed by atoms with Gasteiger partial charge in [0.1, 0.15) is 0 Å². The molecule has 2 amide bonds. The van der Waals surface area contributed by atoms with E-state index in [2.05, 4.69) is 4.98 Å². The van der Waals surface area contributed by atoms with Gasteiger partial charge in [0.25, 0.3) is 0 Å². The van der Waals surface area contributed by atoms with Gasteiger partial charge in [-0.3, -0.25) is 9.59 Å². The van der Waals surface area contributed by atoms with Gasteiger partial charge in [-0.1, -0.05) is 0 Å². The number of carbonyl (C=O) groups is 2. The summed E-state index contributed by atoms with van der Waals surface area (Å²) >= 11 is 1.62. The number of thiazole rings is 1. The molecule has 1 aromatic rings. The topological polar surface area (TPSA) is 56.8 Å². The Morgan fingerprint density at radius 3 is 2.78 bits per heavy atom. The van der Waals surface area contributed by atoms with Gasteiger partial charge in [0.15, 0.2) is 0 Å². The maximum atomic E-state index is 12.9. The summed E-state index contributed by atoms with van der Waals surface area (Å²) in [5, 5.41) is 3.05. The SMILES string of the molecule is Cc1nc(CN2CC[C@]3(CCN(C(=O)CN(C)C)C3)C2=O)cs1. The Bertz CT molecular complexity index is 615. The number of hydrogen-bond donors (Lipinski definition) is 0. The normalized spacial score (nSPS) is 24.4. The van der Waals surface area contributed by atoms with E-state index < -0.39 is 0 Å². The number of likely N-dealkylation sites (tertiary alicyclic amines) is 2. The van der Waals surface area contributed by atoms with Gasteiger partial charge in [-0.15, -0.1) is 11.3 Å². The van der Waals surface area contributed by atoms with Crippen molar-refractivity contribution >= 4 is 23.2 Å². The molecule has 7 heteroatoms. The second-order valence-electron chi connectivity index (χ2n) is 6.92. The van der Waals surface area contributed by atoms with E-state index in [-0.39, 0.29) is 17.2 Å². The van der Waals surface area contributed by atoms with Crippen LogP contribution in [-0.2, 0) is 16.1 Å². The number of carbonyl (C=O) groups excluding carboxylic acids is 2. The van der Waals surface area contributed by atoms with Crippen LogP contribution in [0.2, 0.25) is 0 Å². The van der Waals surface area contributed by atoms with Crippen molar-refractivity contribution in [2.45, 2.75) is 26.3 Å². The average molecular weight is 336 g/mol. The zero-order valence-electron chi connectivity index (χ0n) is 14.0. The average Bonchev–Trinajstić information content (AvgIpc) is 3.16. The summed E-state index contributed by atoms with van der Waals surface area (Å²) in [7, 11) is 3.78. The second-order valence-corrected chi connectivity index (χ2v) is 7.98. The van der Waals surface area contributed by atoms with Crippen molar-refractivity contribution in [2.24, 2.45) is 5.41 Å². The molecule has 0 radical (unpaired) electrons. The largest absolute Gasteiger partial charge is 0.340 e. The van der Waals surface area contributed by atoms with Crippen molar-refractivity contribution in [2.75, 3.05) is 40.3 Å². The van der Waals surface area contributed by atoms with Gasteiger partial charge in [0, 0.05) is 25.0 Å². The predicted octanol–water partition coefficient (Wildman–Crippen LogP) is 0.964. The first-order valence-corrected chi connectivity index (χ1v) is 8.90. The molecule has 0 saturated carbocycles. The molecule has 2 saturated heterocycles. The summed E-state index contributed by atoms with van der Waals surface area (Å²) in [4.78, 5) is 35.2. The summed E-state index contributed by atoms with van der Waals surface area (Å²) < 4.78 is 0. The fraction of sp³-hybridized carbons (Fsp3) is 0.688. The van der Waals surface area contributed by atoms with Gasteiger partial charge in [0.05, 0.1) is 29.2 Å². The van der Waals surface area contributed by atoms with E-state index >= 15 is 0 Å². The van der Waals surface area contributed by atoms with Gasteiger partial charge in [0.2, 0.25) is 11.8 Å². The van der Waals surface area contributed by atoms with Crippen molar-refractivity contribution in [3.63, 3.8) is 0 Å². The van der Waals surface area contributed by atoms with Crippen LogP contribution in [0.5, 0.6) is 0 Å². The van der Waals surface area contributed by atoms with Crippen molar-refractivity contribution in [3.05, 3.63) is 16.1 Å². The number of aryl methyl sites for hydroxylation is 1. The van der Waals surface area contributed by atoms with Crippen molar-refractivity contribution in [3.8, 4) is 0 Å². The van der Waals surface area contributed by atoms with E-state index in [4.69, 9.17) is 0 Å². The second kappa shape index (κ2) is 6.20. The van der Waals surface area contributed by atoms with Gasteiger partial charge in [-0.2, -0.15) is 0 Å². The lowest BCUT2D eigenvalue weighted by Gasteiger charge is -2.24. The molecule has 0 unspecified atom stereocenters. The molecule has 1 aromatic heterocycles. The highest BCUT2D eigenvalue weighted by atomic mass is 32.1. The molecule has 0 bridgehead atoms. The van der Waals surface area contributed by atoms with Gasteiger partial charge >= 0.3 is 0 Å². The lowest BCUT2D eigenvalue weighted by molar-refractivity contribution is -0.137. The molecule has 0 N–H and O–H groups in total. The Kier molecular flexibility index (Phi) is 4.42. The standard InChI is InChI=1S/C16H24N4O2S/c1-12-17-13(10-23-12)8-19-6-4-16(15(19)22)5-7-20(11-16)14(21)9-18(2)3/h10H,4-9,11H2,1-3H3/t16-/m1/s1. The lowest BCUT2D eigenvalue weighted by Crippen LogP contribution is -2.40. The first-order chi connectivity index (χ1) is 10.9. The number of amides is 2. The van der Waals surface area contributed by atoms with Crippen LogP contribution >= 0.6 is 11.3 Å². The van der Waals surface area contributed by atoms with Crippen LogP contribution in [0.25, 0.3) is 0 Å². The minimum atomic E-state index is -0.354. The molecule has 23 heavy (non-hydrogen) atoms. The predicted molar refractivity (Wildman–Crippen MR) is 89.1 cm³/mol. The quantitative estimate of drug-likeness (QED) is 0.822. The Hall–Kier alpha value is -1.47. The molecule has 126 valence electrons. The third-order valence-corrected chi connectivity index (χ3v) is 5.60. The van der Waals surface area contributed by atoms with Crippen LogP contribution in [0.15, 0.2) is 5.38 Å². The van der Waals surface area contributed by atoms with Gasteiger partial charge in [-0.25, -0.2) is 4.98 Å². The molecular formula is C16H24N4O2S. The van der Waals surface area contributed by atoms with Crippen molar-refractivity contribution < 1.29 is 9.59 Å². The van der Waals surface area contributed by atoms with Crippen LogP contribution in [0, 0.1) is 12.3 Å². The third-order valence-electron chi connectivity index (χ3n) is 4.78. The fourth-order valence-corrected chi connectivity index (χ4v) is 4.16. The number of rotatable bonds is 4. The molecule has 1 atom stereocenters. The van der Waals surface area contributed by atoms with E-state index in [0.717, 1.165) is 30.1 Å². The van der Waals surface area contributed by atoms with Gasteiger partial charge in [-0.05, 0) is 33.9 Å². The molecule has 6 nitrogen and oxygen atoms in total. The monoisotopic (exact) mass is 336 g/mol. The van der Waals surface area contributed by atoms with Crippen LogP contribution in [0.4, 0.5) is 0 Å². The Morgan fingerprint density at radius 1 is 1.39 bits per heavy atom.